The quantitative estimate of drug-likeness (QED) is 0.542. The summed E-state index contributed by atoms with van der Waals surface area (Å²) in [7, 11) is 0. The van der Waals surface area contributed by atoms with Crippen molar-refractivity contribution in [2.75, 3.05) is 6.54 Å². The Morgan fingerprint density at radius 2 is 1.88 bits per heavy atom. The van der Waals surface area contributed by atoms with Crippen molar-refractivity contribution in [2.45, 2.75) is 39.7 Å². The lowest BCUT2D eigenvalue weighted by atomic mass is 10.1. The molecule has 2 aromatic carbocycles. The van der Waals surface area contributed by atoms with Crippen LogP contribution in [0.1, 0.15) is 54.7 Å². The number of amides is 1. The van der Waals surface area contributed by atoms with Crippen LogP contribution in [0.2, 0.25) is 0 Å². The normalized spacial score (nSPS) is 15.8. The Hall–Kier alpha value is -3.74. The molecule has 2 heterocycles. The molecule has 0 radical (unpaired) electrons. The first-order chi connectivity index (χ1) is 15.8. The number of benzene rings is 2. The maximum absolute atomic E-state index is 12.3. The molecule has 0 spiro atoms. The lowest BCUT2D eigenvalue weighted by Crippen LogP contribution is -2.24. The van der Waals surface area contributed by atoms with Crippen molar-refractivity contribution in [3.8, 4) is 22.8 Å². The Balaban J connectivity index is 1.55. The lowest BCUT2D eigenvalue weighted by molar-refractivity contribution is -0.128. The highest BCUT2D eigenvalue weighted by molar-refractivity contribution is 5.88. The Bertz CT molecular complexity index is 1160. The molecule has 0 aliphatic carbocycles. The van der Waals surface area contributed by atoms with E-state index < -0.39 is 5.97 Å². The summed E-state index contributed by atoms with van der Waals surface area (Å²) in [6, 6.07) is 16.2. The van der Waals surface area contributed by atoms with E-state index in [-0.39, 0.29) is 17.4 Å². The van der Waals surface area contributed by atoms with Crippen LogP contribution in [-0.4, -0.2) is 38.6 Å². The monoisotopic (exact) mass is 445 g/mol. The van der Waals surface area contributed by atoms with Crippen LogP contribution < -0.4 is 4.74 Å². The third kappa shape index (κ3) is 5.19. The van der Waals surface area contributed by atoms with E-state index in [0.717, 1.165) is 17.0 Å². The third-order valence-electron chi connectivity index (χ3n) is 5.73. The standard InChI is InChI=1S/C26H27N3O4/c1-16(2)22-9-10-23(28-27-22)18-4-7-21(8-5-18)33-24-11-6-19(26(31)32)13-20(24)15-29-14-17(3)12-25(29)30/h4-11,13,16-17H,12,14-15H2,1-3H3,(H,31,32). The van der Waals surface area contributed by atoms with E-state index in [2.05, 4.69) is 24.0 Å². The molecule has 1 amide bonds. The molecule has 4 rings (SSSR count). The van der Waals surface area contributed by atoms with E-state index in [1.165, 1.54) is 6.07 Å². The zero-order valence-corrected chi connectivity index (χ0v) is 19.0. The number of rotatable bonds is 7. The molecule has 1 saturated heterocycles. The number of likely N-dealkylation sites (tertiary alicyclic amines) is 1. The summed E-state index contributed by atoms with van der Waals surface area (Å²) in [5.41, 5.74) is 3.47. The van der Waals surface area contributed by atoms with Gasteiger partial charge in [-0.3, -0.25) is 4.79 Å². The number of ether oxygens (including phenoxy) is 1. The Labute approximate surface area is 193 Å². The molecule has 1 N–H and O–H groups in total. The van der Waals surface area contributed by atoms with Gasteiger partial charge in [0.05, 0.1) is 17.0 Å². The highest BCUT2D eigenvalue weighted by Gasteiger charge is 2.27. The number of aromatic nitrogens is 2. The molecule has 1 aliphatic heterocycles. The van der Waals surface area contributed by atoms with Gasteiger partial charge in [0, 0.05) is 30.6 Å². The van der Waals surface area contributed by atoms with Crippen LogP contribution in [0, 0.1) is 5.92 Å². The first-order valence-corrected chi connectivity index (χ1v) is 11.1. The fourth-order valence-electron chi connectivity index (χ4n) is 3.89. The number of carboxylic acids is 1. The number of carbonyl (C=O) groups excluding carboxylic acids is 1. The number of carbonyl (C=O) groups is 2. The molecule has 7 heteroatoms. The maximum atomic E-state index is 12.3. The molecule has 0 bridgehead atoms. The number of hydrogen-bond acceptors (Lipinski definition) is 5. The minimum Gasteiger partial charge on any atom is -0.478 e. The zero-order valence-electron chi connectivity index (χ0n) is 19.0. The second-order valence-corrected chi connectivity index (χ2v) is 8.84. The fraction of sp³-hybridized carbons (Fsp3) is 0.308. The summed E-state index contributed by atoms with van der Waals surface area (Å²) in [6.45, 7) is 7.16. The molecular weight excluding hydrogens is 418 g/mol. The second-order valence-electron chi connectivity index (χ2n) is 8.84. The van der Waals surface area contributed by atoms with Crippen molar-refractivity contribution in [1.29, 1.82) is 0 Å². The fourth-order valence-corrected chi connectivity index (χ4v) is 3.89. The van der Waals surface area contributed by atoms with Gasteiger partial charge in [0.1, 0.15) is 11.5 Å². The van der Waals surface area contributed by atoms with E-state index in [4.69, 9.17) is 4.74 Å². The van der Waals surface area contributed by atoms with E-state index in [1.54, 1.807) is 17.0 Å². The topological polar surface area (TPSA) is 92.6 Å². The van der Waals surface area contributed by atoms with Crippen molar-refractivity contribution < 1.29 is 19.4 Å². The van der Waals surface area contributed by atoms with E-state index >= 15 is 0 Å². The molecule has 1 aromatic heterocycles. The minimum atomic E-state index is -1.02. The molecule has 7 nitrogen and oxygen atoms in total. The first kappa shape index (κ1) is 22.5. The highest BCUT2D eigenvalue weighted by atomic mass is 16.5. The number of aromatic carboxylic acids is 1. The van der Waals surface area contributed by atoms with Crippen molar-refractivity contribution in [1.82, 2.24) is 15.1 Å². The van der Waals surface area contributed by atoms with Crippen LogP contribution in [0.3, 0.4) is 0 Å². The van der Waals surface area contributed by atoms with Crippen LogP contribution in [0.5, 0.6) is 11.5 Å². The number of carboxylic acid groups (broad SMARTS) is 1. The van der Waals surface area contributed by atoms with Crippen LogP contribution in [0.25, 0.3) is 11.3 Å². The lowest BCUT2D eigenvalue weighted by Gasteiger charge is -2.19. The molecule has 33 heavy (non-hydrogen) atoms. The largest absolute Gasteiger partial charge is 0.478 e. The first-order valence-electron chi connectivity index (χ1n) is 11.1. The van der Waals surface area contributed by atoms with E-state index in [1.807, 2.05) is 43.3 Å². The minimum absolute atomic E-state index is 0.0723. The molecule has 1 aliphatic rings. The summed E-state index contributed by atoms with van der Waals surface area (Å²) in [6.07, 6.45) is 0.511. The van der Waals surface area contributed by atoms with Crippen LogP contribution >= 0.6 is 0 Å². The van der Waals surface area contributed by atoms with Crippen molar-refractivity contribution >= 4 is 11.9 Å². The summed E-state index contributed by atoms with van der Waals surface area (Å²) < 4.78 is 6.09. The van der Waals surface area contributed by atoms with Gasteiger partial charge in [-0.1, -0.05) is 20.8 Å². The molecule has 1 atom stereocenters. The Morgan fingerprint density at radius 1 is 1.12 bits per heavy atom. The van der Waals surface area contributed by atoms with Gasteiger partial charge in [-0.05, 0) is 66.4 Å². The molecule has 1 fully saturated rings. The van der Waals surface area contributed by atoms with Crippen LogP contribution in [0.4, 0.5) is 0 Å². The average molecular weight is 446 g/mol. The van der Waals surface area contributed by atoms with Crippen LogP contribution in [-0.2, 0) is 11.3 Å². The molecule has 170 valence electrons. The summed E-state index contributed by atoms with van der Waals surface area (Å²) in [4.78, 5) is 25.5. The maximum Gasteiger partial charge on any atom is 0.335 e. The third-order valence-corrected chi connectivity index (χ3v) is 5.73. The molecule has 0 saturated carbocycles. The molecule has 1 unspecified atom stereocenters. The average Bonchev–Trinajstić information content (AvgIpc) is 3.11. The summed E-state index contributed by atoms with van der Waals surface area (Å²) in [5, 5.41) is 18.0. The van der Waals surface area contributed by atoms with Gasteiger partial charge in [-0.25, -0.2) is 4.79 Å². The van der Waals surface area contributed by atoms with Crippen molar-refractivity contribution in [2.24, 2.45) is 5.92 Å². The Kier molecular flexibility index (Phi) is 6.40. The smallest absolute Gasteiger partial charge is 0.335 e. The second kappa shape index (κ2) is 9.40. The van der Waals surface area contributed by atoms with Gasteiger partial charge in [0.2, 0.25) is 5.91 Å². The molecular formula is C26H27N3O4. The van der Waals surface area contributed by atoms with Gasteiger partial charge < -0.3 is 14.7 Å². The van der Waals surface area contributed by atoms with E-state index in [9.17, 15) is 14.7 Å². The van der Waals surface area contributed by atoms with Gasteiger partial charge in [-0.2, -0.15) is 10.2 Å². The van der Waals surface area contributed by atoms with Gasteiger partial charge in [0.25, 0.3) is 0 Å². The van der Waals surface area contributed by atoms with Crippen LogP contribution in [0.15, 0.2) is 54.6 Å². The SMILES string of the molecule is CC1CC(=O)N(Cc2cc(C(=O)O)ccc2Oc2ccc(-c3ccc(C(C)C)nn3)cc2)C1. The van der Waals surface area contributed by atoms with Crippen molar-refractivity contribution in [3.63, 3.8) is 0 Å². The number of nitrogens with zero attached hydrogens (tertiary/aromatic N) is 3. The van der Waals surface area contributed by atoms with Crippen molar-refractivity contribution in [3.05, 3.63) is 71.4 Å². The number of hydrogen-bond donors (Lipinski definition) is 1. The predicted octanol–water partition coefficient (Wildman–Crippen LogP) is 5.13. The predicted molar refractivity (Wildman–Crippen MR) is 124 cm³/mol. The van der Waals surface area contributed by atoms with E-state index in [0.29, 0.717) is 42.5 Å². The van der Waals surface area contributed by atoms with Gasteiger partial charge in [-0.15, -0.1) is 0 Å². The van der Waals surface area contributed by atoms with Gasteiger partial charge >= 0.3 is 5.97 Å². The summed E-state index contributed by atoms with van der Waals surface area (Å²) in [5.74, 6) is 0.802. The van der Waals surface area contributed by atoms with Gasteiger partial charge in [0.15, 0.2) is 0 Å². The molecule has 3 aromatic rings. The highest BCUT2D eigenvalue weighted by Crippen LogP contribution is 2.31. The Morgan fingerprint density at radius 3 is 2.45 bits per heavy atom. The zero-order chi connectivity index (χ0) is 23.5. The summed E-state index contributed by atoms with van der Waals surface area (Å²) >= 11 is 0.